The van der Waals surface area contributed by atoms with Gasteiger partial charge in [-0.25, -0.2) is 0 Å². The van der Waals surface area contributed by atoms with Gasteiger partial charge in [-0.15, -0.1) is 0 Å². The highest BCUT2D eigenvalue weighted by molar-refractivity contribution is 6.32. The number of para-hydroxylation sites is 1. The number of ether oxygens (including phenoxy) is 1. The maximum Gasteiger partial charge on any atom is 0.254 e. The molecule has 0 amide bonds. The largest absolute Gasteiger partial charge is 0.435 e. The third-order valence-electron chi connectivity index (χ3n) is 2.49. The Morgan fingerprint density at radius 3 is 2.79 bits per heavy atom. The SMILES string of the molecule is CC(C)c1nc(Oc2c(N)cccc2Cl)cc(=O)[nH]1. The molecule has 0 bridgehead atoms. The van der Waals surface area contributed by atoms with E-state index in [4.69, 9.17) is 22.1 Å². The average Bonchev–Trinajstić information content (AvgIpc) is 2.33. The molecule has 2 aromatic rings. The van der Waals surface area contributed by atoms with E-state index in [1.807, 2.05) is 13.8 Å². The van der Waals surface area contributed by atoms with E-state index in [1.165, 1.54) is 6.07 Å². The minimum atomic E-state index is -0.278. The zero-order chi connectivity index (χ0) is 14.0. The number of aromatic amines is 1. The number of halogens is 1. The number of H-pyrrole nitrogens is 1. The number of hydrogen-bond acceptors (Lipinski definition) is 4. The highest BCUT2D eigenvalue weighted by Gasteiger charge is 2.11. The summed E-state index contributed by atoms with van der Waals surface area (Å²) >= 11 is 6.00. The summed E-state index contributed by atoms with van der Waals surface area (Å²) in [5, 5.41) is 0.369. The van der Waals surface area contributed by atoms with Crippen molar-refractivity contribution < 1.29 is 4.74 Å². The molecule has 0 fully saturated rings. The molecule has 0 aliphatic rings. The zero-order valence-electron chi connectivity index (χ0n) is 10.6. The predicted octanol–water partition coefficient (Wildman–Crippen LogP) is 2.92. The van der Waals surface area contributed by atoms with Crippen molar-refractivity contribution in [3.05, 3.63) is 45.5 Å². The van der Waals surface area contributed by atoms with Gasteiger partial charge in [-0.3, -0.25) is 4.79 Å². The Labute approximate surface area is 115 Å². The Bertz CT molecular complexity index is 632. The monoisotopic (exact) mass is 279 g/mol. The van der Waals surface area contributed by atoms with Crippen LogP contribution < -0.4 is 16.0 Å². The molecule has 3 N–H and O–H groups in total. The second-order valence-electron chi connectivity index (χ2n) is 4.38. The second-order valence-corrected chi connectivity index (χ2v) is 4.79. The fourth-order valence-corrected chi connectivity index (χ4v) is 1.74. The Morgan fingerprint density at radius 1 is 1.42 bits per heavy atom. The van der Waals surface area contributed by atoms with E-state index in [1.54, 1.807) is 18.2 Å². The number of rotatable bonds is 3. The normalized spacial score (nSPS) is 10.7. The summed E-state index contributed by atoms with van der Waals surface area (Å²) in [6.45, 7) is 3.85. The minimum absolute atomic E-state index is 0.0832. The van der Waals surface area contributed by atoms with Crippen LogP contribution in [0.1, 0.15) is 25.6 Å². The van der Waals surface area contributed by atoms with E-state index < -0.39 is 0 Å². The van der Waals surface area contributed by atoms with Gasteiger partial charge in [0.2, 0.25) is 5.88 Å². The summed E-state index contributed by atoms with van der Waals surface area (Å²) in [7, 11) is 0. The van der Waals surface area contributed by atoms with Crippen molar-refractivity contribution in [1.29, 1.82) is 0 Å². The molecular weight excluding hydrogens is 266 g/mol. The van der Waals surface area contributed by atoms with Crippen LogP contribution in [-0.2, 0) is 0 Å². The molecule has 0 radical (unpaired) electrons. The van der Waals surface area contributed by atoms with Gasteiger partial charge in [-0.05, 0) is 12.1 Å². The zero-order valence-corrected chi connectivity index (χ0v) is 11.4. The minimum Gasteiger partial charge on any atom is -0.435 e. The van der Waals surface area contributed by atoms with Crippen molar-refractivity contribution in [2.75, 3.05) is 5.73 Å². The first-order valence-electron chi connectivity index (χ1n) is 5.80. The van der Waals surface area contributed by atoms with Gasteiger partial charge in [0.1, 0.15) is 5.82 Å². The topological polar surface area (TPSA) is 81.0 Å². The van der Waals surface area contributed by atoms with Crippen molar-refractivity contribution in [1.82, 2.24) is 9.97 Å². The maximum absolute atomic E-state index is 11.5. The van der Waals surface area contributed by atoms with Crippen molar-refractivity contribution in [3.8, 4) is 11.6 Å². The van der Waals surface area contributed by atoms with Crippen LogP contribution in [0.2, 0.25) is 5.02 Å². The summed E-state index contributed by atoms with van der Waals surface area (Å²) in [6, 6.07) is 6.30. The lowest BCUT2D eigenvalue weighted by atomic mass is 10.2. The summed E-state index contributed by atoms with van der Waals surface area (Å²) in [5.41, 5.74) is 5.89. The highest BCUT2D eigenvalue weighted by Crippen LogP contribution is 2.33. The molecule has 1 aromatic heterocycles. The standard InChI is InChI=1S/C13H14ClN3O2/c1-7(2)13-16-10(18)6-11(17-13)19-12-8(14)4-3-5-9(12)15/h3-7H,15H2,1-2H3,(H,16,17,18). The first-order chi connectivity index (χ1) is 8.97. The summed E-state index contributed by atoms with van der Waals surface area (Å²) in [6.07, 6.45) is 0. The van der Waals surface area contributed by atoms with Gasteiger partial charge in [-0.1, -0.05) is 31.5 Å². The molecule has 0 aliphatic carbocycles. The van der Waals surface area contributed by atoms with Crippen molar-refractivity contribution in [2.45, 2.75) is 19.8 Å². The fourth-order valence-electron chi connectivity index (χ4n) is 1.52. The van der Waals surface area contributed by atoms with E-state index in [9.17, 15) is 4.79 Å². The molecule has 0 atom stereocenters. The van der Waals surface area contributed by atoms with Crippen LogP contribution >= 0.6 is 11.6 Å². The number of nitrogens with two attached hydrogens (primary N) is 1. The molecule has 0 saturated heterocycles. The molecule has 0 saturated carbocycles. The molecule has 19 heavy (non-hydrogen) atoms. The van der Waals surface area contributed by atoms with Crippen LogP contribution in [0, 0.1) is 0 Å². The Kier molecular flexibility index (Phi) is 3.76. The number of hydrogen-bond donors (Lipinski definition) is 2. The van der Waals surface area contributed by atoms with E-state index in [0.717, 1.165) is 0 Å². The first kappa shape index (κ1) is 13.4. The first-order valence-corrected chi connectivity index (χ1v) is 6.18. The highest BCUT2D eigenvalue weighted by atomic mass is 35.5. The number of anilines is 1. The number of aromatic nitrogens is 2. The Balaban J connectivity index is 2.41. The Hall–Kier alpha value is -2.01. The summed E-state index contributed by atoms with van der Waals surface area (Å²) < 4.78 is 5.52. The quantitative estimate of drug-likeness (QED) is 0.847. The lowest BCUT2D eigenvalue weighted by molar-refractivity contribution is 0.458. The number of benzene rings is 1. The van der Waals surface area contributed by atoms with Crippen molar-refractivity contribution >= 4 is 17.3 Å². The van der Waals surface area contributed by atoms with Crippen molar-refractivity contribution in [2.24, 2.45) is 0 Å². The van der Waals surface area contributed by atoms with E-state index in [-0.39, 0.29) is 17.4 Å². The summed E-state index contributed by atoms with van der Waals surface area (Å²) in [5.74, 6) is 1.11. The lowest BCUT2D eigenvalue weighted by Crippen LogP contribution is -2.12. The van der Waals surface area contributed by atoms with Crippen LogP contribution in [0.4, 0.5) is 5.69 Å². The van der Waals surface area contributed by atoms with Gasteiger partial charge < -0.3 is 15.5 Å². The maximum atomic E-state index is 11.5. The molecule has 0 spiro atoms. The van der Waals surface area contributed by atoms with Gasteiger partial charge in [0.15, 0.2) is 5.75 Å². The van der Waals surface area contributed by atoms with Gasteiger partial charge >= 0.3 is 0 Å². The van der Waals surface area contributed by atoms with Crippen molar-refractivity contribution in [3.63, 3.8) is 0 Å². The summed E-state index contributed by atoms with van der Waals surface area (Å²) in [4.78, 5) is 18.4. The number of nitrogens with one attached hydrogen (secondary N) is 1. The molecule has 0 aliphatic heterocycles. The molecule has 5 nitrogen and oxygen atoms in total. The smallest absolute Gasteiger partial charge is 0.254 e. The molecule has 2 rings (SSSR count). The molecule has 6 heteroatoms. The van der Waals surface area contributed by atoms with Gasteiger partial charge in [0, 0.05) is 5.92 Å². The molecule has 100 valence electrons. The van der Waals surface area contributed by atoms with Crippen LogP contribution in [0.3, 0.4) is 0 Å². The van der Waals surface area contributed by atoms with E-state index in [0.29, 0.717) is 22.3 Å². The van der Waals surface area contributed by atoms with Gasteiger partial charge in [-0.2, -0.15) is 4.98 Å². The van der Waals surface area contributed by atoms with Crippen LogP contribution in [-0.4, -0.2) is 9.97 Å². The molecule has 1 aromatic carbocycles. The van der Waals surface area contributed by atoms with Crippen LogP contribution in [0.5, 0.6) is 11.6 Å². The number of nitrogens with zero attached hydrogens (tertiary/aromatic N) is 1. The molecule has 0 unspecified atom stereocenters. The van der Waals surface area contributed by atoms with Crippen LogP contribution in [0.15, 0.2) is 29.1 Å². The Morgan fingerprint density at radius 2 is 2.16 bits per heavy atom. The molecular formula is C13H14ClN3O2. The fraction of sp³-hybridized carbons (Fsp3) is 0.231. The van der Waals surface area contributed by atoms with E-state index in [2.05, 4.69) is 9.97 Å². The van der Waals surface area contributed by atoms with Gasteiger partial charge in [0.25, 0.3) is 5.56 Å². The van der Waals surface area contributed by atoms with Gasteiger partial charge in [0.05, 0.1) is 16.8 Å². The van der Waals surface area contributed by atoms with E-state index >= 15 is 0 Å². The lowest BCUT2D eigenvalue weighted by Gasteiger charge is -2.10. The average molecular weight is 280 g/mol. The second kappa shape index (κ2) is 5.32. The van der Waals surface area contributed by atoms with Crippen LogP contribution in [0.25, 0.3) is 0 Å². The third-order valence-corrected chi connectivity index (χ3v) is 2.79. The number of nitrogen functional groups attached to an aromatic ring is 1. The third kappa shape index (κ3) is 3.06. The molecule has 1 heterocycles. The predicted molar refractivity (Wildman–Crippen MR) is 74.9 cm³/mol.